The lowest BCUT2D eigenvalue weighted by Gasteiger charge is -2.24. The van der Waals surface area contributed by atoms with Crippen LogP contribution in [0.3, 0.4) is 0 Å². The van der Waals surface area contributed by atoms with Crippen LogP contribution in [0.2, 0.25) is 0 Å². The first-order valence-corrected chi connectivity index (χ1v) is 12.7. The van der Waals surface area contributed by atoms with E-state index in [2.05, 4.69) is 10.4 Å². The normalized spacial score (nSPS) is 18.1. The molecule has 2 aromatic carbocycles. The van der Waals surface area contributed by atoms with Gasteiger partial charge in [0.1, 0.15) is 11.9 Å². The van der Waals surface area contributed by atoms with Gasteiger partial charge < -0.3 is 15.3 Å². The van der Waals surface area contributed by atoms with Crippen LogP contribution in [-0.4, -0.2) is 53.0 Å². The minimum absolute atomic E-state index is 0.256. The second kappa shape index (κ2) is 9.54. The van der Waals surface area contributed by atoms with Gasteiger partial charge in [0.05, 0.1) is 27.1 Å². The molecule has 13 heteroatoms. The molecular weight excluding hydrogens is 513 g/mol. The van der Waals surface area contributed by atoms with E-state index in [1.165, 1.54) is 22.6 Å². The molecule has 1 fully saturated rings. The van der Waals surface area contributed by atoms with Gasteiger partial charge in [-0.3, -0.25) is 4.79 Å². The number of carbonyl (C=O) groups is 2. The van der Waals surface area contributed by atoms with Crippen LogP contribution in [0.1, 0.15) is 24.6 Å². The first-order valence-electron chi connectivity index (χ1n) is 11.1. The van der Waals surface area contributed by atoms with Crippen molar-refractivity contribution in [1.29, 1.82) is 0 Å². The molecule has 1 aromatic heterocycles. The number of aryl methyl sites for hydroxylation is 1. The largest absolute Gasteiger partial charge is 0.480 e. The fourth-order valence-electron chi connectivity index (χ4n) is 4.44. The number of hydrogen-bond acceptors (Lipinski definition) is 6. The number of nitrogens with one attached hydrogen (secondary N) is 1. The molecule has 0 aliphatic carbocycles. The van der Waals surface area contributed by atoms with Crippen LogP contribution < -0.4 is 10.2 Å². The zero-order valence-corrected chi connectivity index (χ0v) is 20.5. The van der Waals surface area contributed by atoms with Gasteiger partial charge in [-0.2, -0.15) is 18.3 Å². The highest BCUT2D eigenvalue weighted by Gasteiger charge is 2.47. The Labute approximate surface area is 210 Å². The van der Waals surface area contributed by atoms with Crippen molar-refractivity contribution in [2.75, 3.05) is 16.8 Å². The number of alkyl halides is 3. The summed E-state index contributed by atoms with van der Waals surface area (Å²) >= 11 is 0. The minimum atomic E-state index is -4.90. The summed E-state index contributed by atoms with van der Waals surface area (Å²) in [6.07, 6.45) is -5.32. The summed E-state index contributed by atoms with van der Waals surface area (Å²) in [5, 5.41) is 15.5. The zero-order chi connectivity index (χ0) is 27.1. The van der Waals surface area contributed by atoms with Crippen molar-refractivity contribution in [3.05, 3.63) is 65.9 Å². The first-order chi connectivity index (χ1) is 17.3. The molecular formula is C24H23F3N4O5S. The van der Waals surface area contributed by atoms with Crippen molar-refractivity contribution in [2.45, 2.75) is 42.6 Å². The summed E-state index contributed by atoms with van der Waals surface area (Å²) in [5.74, 6) is -1.36. The molecule has 9 nitrogen and oxygen atoms in total. The average molecular weight is 537 g/mol. The van der Waals surface area contributed by atoms with Crippen molar-refractivity contribution in [1.82, 2.24) is 9.78 Å². The Morgan fingerprint density at radius 1 is 1.11 bits per heavy atom. The molecule has 0 bridgehead atoms. The predicted octanol–water partition coefficient (Wildman–Crippen LogP) is 3.66. The van der Waals surface area contributed by atoms with Crippen LogP contribution in [0.4, 0.5) is 24.7 Å². The van der Waals surface area contributed by atoms with Gasteiger partial charge in [0.25, 0.3) is 0 Å². The van der Waals surface area contributed by atoms with Gasteiger partial charge in [0.2, 0.25) is 5.91 Å². The molecule has 3 aromatic rings. The number of carboxylic acids is 1. The predicted molar refractivity (Wildman–Crippen MR) is 128 cm³/mol. The number of amides is 1. The SMILES string of the molecule is CC(=O)Nc1cccc(-n2nc(C)cc2N2CC(S(=O)(=O)c3ccccc3C(F)(F)F)CC2C(=O)O)c1. The van der Waals surface area contributed by atoms with E-state index < -0.39 is 50.2 Å². The maximum Gasteiger partial charge on any atom is 0.417 e. The number of anilines is 2. The Morgan fingerprint density at radius 3 is 2.46 bits per heavy atom. The van der Waals surface area contributed by atoms with Gasteiger partial charge in [-0.05, 0) is 43.7 Å². The quantitative estimate of drug-likeness (QED) is 0.493. The molecule has 4 rings (SSSR count). The Morgan fingerprint density at radius 2 is 1.81 bits per heavy atom. The lowest BCUT2D eigenvalue weighted by molar-refractivity contribution is -0.140. The van der Waals surface area contributed by atoms with E-state index in [1.807, 2.05) is 0 Å². The van der Waals surface area contributed by atoms with Crippen LogP contribution in [0.15, 0.2) is 59.5 Å². The van der Waals surface area contributed by atoms with Gasteiger partial charge in [-0.25, -0.2) is 17.9 Å². The van der Waals surface area contributed by atoms with Gasteiger partial charge in [0, 0.05) is 25.2 Å². The number of benzene rings is 2. The van der Waals surface area contributed by atoms with Gasteiger partial charge >= 0.3 is 12.1 Å². The third kappa shape index (κ3) is 5.17. The third-order valence-electron chi connectivity index (χ3n) is 6.00. The number of hydrogen-bond donors (Lipinski definition) is 2. The fraction of sp³-hybridized carbons (Fsp3) is 0.292. The smallest absolute Gasteiger partial charge is 0.417 e. The number of carboxylic acid groups (broad SMARTS) is 1. The molecule has 1 aliphatic heterocycles. The zero-order valence-electron chi connectivity index (χ0n) is 19.7. The Kier molecular flexibility index (Phi) is 6.76. The number of sulfone groups is 1. The summed E-state index contributed by atoms with van der Waals surface area (Å²) in [7, 11) is -4.55. The molecule has 0 radical (unpaired) electrons. The fourth-order valence-corrected chi connectivity index (χ4v) is 6.35. The standard InChI is InChI=1S/C24H23F3N4O5S/c1-14-10-22(31(29-14)17-7-5-6-16(11-17)28-15(2)32)30-13-18(12-20(30)23(33)34)37(35,36)21-9-4-3-8-19(21)24(25,26)27/h3-11,18,20H,12-13H2,1-2H3,(H,28,32)(H,33,34). The third-order valence-corrected chi connectivity index (χ3v) is 8.19. The van der Waals surface area contributed by atoms with Gasteiger partial charge in [-0.1, -0.05) is 18.2 Å². The lowest BCUT2D eigenvalue weighted by atomic mass is 10.2. The van der Waals surface area contributed by atoms with Crippen molar-refractivity contribution in [2.24, 2.45) is 0 Å². The Hall–Kier alpha value is -3.87. The van der Waals surface area contributed by atoms with Gasteiger partial charge in [-0.15, -0.1) is 0 Å². The summed E-state index contributed by atoms with van der Waals surface area (Å²) in [6, 6.07) is 10.7. The van der Waals surface area contributed by atoms with E-state index in [9.17, 15) is 36.3 Å². The van der Waals surface area contributed by atoms with Crippen LogP contribution >= 0.6 is 0 Å². The van der Waals surface area contributed by atoms with Crippen LogP contribution in [0, 0.1) is 6.92 Å². The molecule has 1 saturated heterocycles. The minimum Gasteiger partial charge on any atom is -0.480 e. The first kappa shape index (κ1) is 26.2. The van der Waals surface area contributed by atoms with Crippen molar-refractivity contribution < 1.29 is 36.3 Å². The monoisotopic (exact) mass is 536 g/mol. The second-order valence-corrected chi connectivity index (χ2v) is 10.9. The van der Waals surface area contributed by atoms with E-state index >= 15 is 0 Å². The maximum absolute atomic E-state index is 13.6. The van der Waals surface area contributed by atoms with E-state index in [0.29, 0.717) is 23.1 Å². The topological polar surface area (TPSA) is 122 Å². The highest BCUT2D eigenvalue weighted by Crippen LogP contribution is 2.39. The Bertz CT molecular complexity index is 1470. The molecule has 0 spiro atoms. The highest BCUT2D eigenvalue weighted by atomic mass is 32.2. The van der Waals surface area contributed by atoms with Crippen LogP contribution in [0.5, 0.6) is 0 Å². The van der Waals surface area contributed by atoms with Crippen molar-refractivity contribution in [3.8, 4) is 5.69 Å². The van der Waals surface area contributed by atoms with E-state index in [4.69, 9.17) is 0 Å². The Balaban J connectivity index is 1.76. The van der Waals surface area contributed by atoms with Gasteiger partial charge in [0.15, 0.2) is 9.84 Å². The molecule has 196 valence electrons. The highest BCUT2D eigenvalue weighted by molar-refractivity contribution is 7.92. The average Bonchev–Trinajstić information content (AvgIpc) is 3.43. The maximum atomic E-state index is 13.6. The lowest BCUT2D eigenvalue weighted by Crippen LogP contribution is -2.37. The second-order valence-electron chi connectivity index (χ2n) is 8.69. The summed E-state index contributed by atoms with van der Waals surface area (Å²) in [5.41, 5.74) is 0.130. The van der Waals surface area contributed by atoms with Crippen LogP contribution in [-0.2, 0) is 25.6 Å². The summed E-state index contributed by atoms with van der Waals surface area (Å²) in [4.78, 5) is 24.1. The molecule has 0 saturated carbocycles. The van der Waals surface area contributed by atoms with Crippen molar-refractivity contribution >= 4 is 33.2 Å². The number of halogens is 3. The molecule has 1 aliphatic rings. The number of aliphatic carboxylic acids is 1. The van der Waals surface area contributed by atoms with E-state index in [0.717, 1.165) is 12.1 Å². The number of rotatable bonds is 6. The van der Waals surface area contributed by atoms with Crippen molar-refractivity contribution in [3.63, 3.8) is 0 Å². The molecule has 1 amide bonds. The molecule has 2 unspecified atom stereocenters. The molecule has 2 atom stereocenters. The summed E-state index contributed by atoms with van der Waals surface area (Å²) < 4.78 is 68.8. The molecule has 2 heterocycles. The number of carbonyl (C=O) groups excluding carboxylic acids is 1. The number of aromatic nitrogens is 2. The van der Waals surface area contributed by atoms with E-state index in [-0.39, 0.29) is 18.3 Å². The number of nitrogens with zero attached hydrogens (tertiary/aromatic N) is 3. The molecule has 2 N–H and O–H groups in total. The molecule has 37 heavy (non-hydrogen) atoms. The van der Waals surface area contributed by atoms with Crippen LogP contribution in [0.25, 0.3) is 5.69 Å². The van der Waals surface area contributed by atoms with E-state index in [1.54, 1.807) is 37.3 Å². The summed E-state index contributed by atoms with van der Waals surface area (Å²) in [6.45, 7) is 2.65.